The van der Waals surface area contributed by atoms with Crippen LogP contribution in [0.4, 0.5) is 0 Å². The van der Waals surface area contributed by atoms with Crippen molar-refractivity contribution in [2.24, 2.45) is 0 Å². The second-order valence-corrected chi connectivity index (χ2v) is 3.96. The minimum atomic E-state index is -0.0140. The van der Waals surface area contributed by atoms with Crippen LogP contribution in [0.5, 0.6) is 0 Å². The molecular formula is C13H20N2O2. The molecule has 1 unspecified atom stereocenters. The van der Waals surface area contributed by atoms with E-state index in [1.54, 1.807) is 7.05 Å². The lowest BCUT2D eigenvalue weighted by Crippen LogP contribution is -2.38. The molecule has 1 amide bonds. The molecule has 4 heteroatoms. The van der Waals surface area contributed by atoms with Crippen LogP contribution < -0.4 is 10.6 Å². The van der Waals surface area contributed by atoms with Gasteiger partial charge in [-0.3, -0.25) is 4.79 Å². The first-order valence-electron chi connectivity index (χ1n) is 5.78. The molecule has 0 spiro atoms. The maximum Gasteiger partial charge on any atom is 0.233 e. The summed E-state index contributed by atoms with van der Waals surface area (Å²) in [7, 11) is 1.63. The number of carbonyl (C=O) groups is 1. The highest BCUT2D eigenvalue weighted by molar-refractivity contribution is 5.77. The van der Waals surface area contributed by atoms with Crippen LogP contribution in [0, 0.1) is 0 Å². The molecule has 0 radical (unpaired) electrons. The summed E-state index contributed by atoms with van der Waals surface area (Å²) in [6.45, 7) is 3.51. The van der Waals surface area contributed by atoms with Crippen molar-refractivity contribution in [1.29, 1.82) is 0 Å². The van der Waals surface area contributed by atoms with Crippen LogP contribution in [-0.4, -0.2) is 32.1 Å². The third-order valence-corrected chi connectivity index (χ3v) is 2.37. The average molecular weight is 236 g/mol. The number of hydrogen-bond donors (Lipinski definition) is 2. The molecule has 4 nitrogen and oxygen atoms in total. The van der Waals surface area contributed by atoms with Crippen LogP contribution in [0.25, 0.3) is 0 Å². The Morgan fingerprint density at radius 2 is 2.06 bits per heavy atom. The Bertz CT molecular complexity index is 327. The summed E-state index contributed by atoms with van der Waals surface area (Å²) in [4.78, 5) is 11.0. The van der Waals surface area contributed by atoms with Gasteiger partial charge in [-0.25, -0.2) is 0 Å². The van der Waals surface area contributed by atoms with Gasteiger partial charge >= 0.3 is 0 Å². The molecule has 1 rings (SSSR count). The highest BCUT2D eigenvalue weighted by atomic mass is 16.5. The summed E-state index contributed by atoms with van der Waals surface area (Å²) in [5.74, 6) is -0.0140. The highest BCUT2D eigenvalue weighted by Crippen LogP contribution is 2.00. The summed E-state index contributed by atoms with van der Waals surface area (Å²) < 4.78 is 5.55. The van der Waals surface area contributed by atoms with Gasteiger partial charge in [0.25, 0.3) is 0 Å². The van der Waals surface area contributed by atoms with Gasteiger partial charge in [0.1, 0.15) is 0 Å². The zero-order chi connectivity index (χ0) is 12.5. The van der Waals surface area contributed by atoms with E-state index in [4.69, 9.17) is 4.74 Å². The second kappa shape index (κ2) is 7.81. The van der Waals surface area contributed by atoms with Crippen molar-refractivity contribution in [3.05, 3.63) is 35.9 Å². The van der Waals surface area contributed by atoms with Crippen LogP contribution in [0.15, 0.2) is 30.3 Å². The summed E-state index contributed by atoms with van der Waals surface area (Å²) in [5, 5.41) is 5.64. The Kier molecular flexibility index (Phi) is 6.29. The van der Waals surface area contributed by atoms with Crippen LogP contribution >= 0.6 is 0 Å². The van der Waals surface area contributed by atoms with E-state index in [0.29, 0.717) is 19.8 Å². The normalized spacial score (nSPS) is 12.1. The Morgan fingerprint density at radius 1 is 1.35 bits per heavy atom. The maximum atomic E-state index is 11.0. The third-order valence-electron chi connectivity index (χ3n) is 2.37. The average Bonchev–Trinajstić information content (AvgIpc) is 2.37. The van der Waals surface area contributed by atoms with Crippen LogP contribution in [0.2, 0.25) is 0 Å². The van der Waals surface area contributed by atoms with E-state index >= 15 is 0 Å². The van der Waals surface area contributed by atoms with Crippen molar-refractivity contribution in [3.8, 4) is 0 Å². The van der Waals surface area contributed by atoms with Gasteiger partial charge in [0.05, 0.1) is 19.8 Å². The van der Waals surface area contributed by atoms with Gasteiger partial charge in [0.2, 0.25) is 5.91 Å². The van der Waals surface area contributed by atoms with E-state index in [1.807, 2.05) is 37.3 Å². The van der Waals surface area contributed by atoms with E-state index in [0.717, 1.165) is 5.56 Å². The number of benzene rings is 1. The van der Waals surface area contributed by atoms with E-state index < -0.39 is 0 Å². The van der Waals surface area contributed by atoms with E-state index in [-0.39, 0.29) is 11.9 Å². The SMILES string of the molecule is CNC(=O)CNC(C)COCc1ccccc1. The fourth-order valence-corrected chi connectivity index (χ4v) is 1.34. The van der Waals surface area contributed by atoms with Gasteiger partial charge in [-0.2, -0.15) is 0 Å². The first-order chi connectivity index (χ1) is 8.22. The van der Waals surface area contributed by atoms with Crippen molar-refractivity contribution in [2.45, 2.75) is 19.6 Å². The molecule has 0 aromatic heterocycles. The van der Waals surface area contributed by atoms with Crippen molar-refractivity contribution < 1.29 is 9.53 Å². The first-order valence-corrected chi connectivity index (χ1v) is 5.78. The number of likely N-dealkylation sites (N-methyl/N-ethyl adjacent to an activating group) is 1. The predicted octanol–water partition coefficient (Wildman–Crippen LogP) is 0.927. The summed E-state index contributed by atoms with van der Waals surface area (Å²) in [6, 6.07) is 10.2. The van der Waals surface area contributed by atoms with Crippen molar-refractivity contribution >= 4 is 5.91 Å². The lowest BCUT2D eigenvalue weighted by molar-refractivity contribution is -0.119. The summed E-state index contributed by atoms with van der Waals surface area (Å²) >= 11 is 0. The molecule has 17 heavy (non-hydrogen) atoms. The standard InChI is InChI=1S/C13H20N2O2/c1-11(15-8-13(16)14-2)9-17-10-12-6-4-3-5-7-12/h3-7,11,15H,8-10H2,1-2H3,(H,14,16). The molecule has 0 aliphatic carbocycles. The number of hydrogen-bond acceptors (Lipinski definition) is 3. The molecule has 1 aromatic rings. The largest absolute Gasteiger partial charge is 0.375 e. The van der Waals surface area contributed by atoms with Gasteiger partial charge in [-0.05, 0) is 12.5 Å². The fraction of sp³-hybridized carbons (Fsp3) is 0.462. The Balaban J connectivity index is 2.12. The van der Waals surface area contributed by atoms with Gasteiger partial charge in [0.15, 0.2) is 0 Å². The minimum Gasteiger partial charge on any atom is -0.375 e. The van der Waals surface area contributed by atoms with Crippen molar-refractivity contribution in [2.75, 3.05) is 20.2 Å². The molecule has 1 atom stereocenters. The van der Waals surface area contributed by atoms with Crippen molar-refractivity contribution in [1.82, 2.24) is 10.6 Å². The molecular weight excluding hydrogens is 216 g/mol. The highest BCUT2D eigenvalue weighted by Gasteiger charge is 2.04. The topological polar surface area (TPSA) is 50.4 Å². The van der Waals surface area contributed by atoms with E-state index in [1.165, 1.54) is 0 Å². The van der Waals surface area contributed by atoms with Crippen molar-refractivity contribution in [3.63, 3.8) is 0 Å². The van der Waals surface area contributed by atoms with E-state index in [2.05, 4.69) is 10.6 Å². The van der Waals surface area contributed by atoms with Gasteiger partial charge in [0, 0.05) is 13.1 Å². The summed E-state index contributed by atoms with van der Waals surface area (Å²) in [6.07, 6.45) is 0. The zero-order valence-corrected chi connectivity index (χ0v) is 10.4. The Labute approximate surface area is 102 Å². The lowest BCUT2D eigenvalue weighted by Gasteiger charge is -2.13. The first kappa shape index (κ1) is 13.7. The van der Waals surface area contributed by atoms with Crippen LogP contribution in [0.1, 0.15) is 12.5 Å². The molecule has 2 N–H and O–H groups in total. The monoisotopic (exact) mass is 236 g/mol. The van der Waals surface area contributed by atoms with Gasteiger partial charge in [-0.1, -0.05) is 30.3 Å². The number of nitrogens with one attached hydrogen (secondary N) is 2. The molecule has 0 bridgehead atoms. The quantitative estimate of drug-likeness (QED) is 0.740. The van der Waals surface area contributed by atoms with E-state index in [9.17, 15) is 4.79 Å². The number of rotatable bonds is 7. The zero-order valence-electron chi connectivity index (χ0n) is 10.4. The molecule has 0 aliphatic heterocycles. The number of amides is 1. The molecule has 0 saturated heterocycles. The third kappa shape index (κ3) is 6.04. The molecule has 1 aromatic carbocycles. The minimum absolute atomic E-state index is 0.0140. The molecule has 0 saturated carbocycles. The Morgan fingerprint density at radius 3 is 2.71 bits per heavy atom. The second-order valence-electron chi connectivity index (χ2n) is 3.96. The lowest BCUT2D eigenvalue weighted by atomic mass is 10.2. The number of ether oxygens (including phenoxy) is 1. The summed E-state index contributed by atoms with van der Waals surface area (Å²) in [5.41, 5.74) is 1.16. The van der Waals surface area contributed by atoms with Crippen LogP contribution in [-0.2, 0) is 16.1 Å². The predicted molar refractivity (Wildman–Crippen MR) is 67.6 cm³/mol. The fourth-order valence-electron chi connectivity index (χ4n) is 1.34. The smallest absolute Gasteiger partial charge is 0.233 e. The number of carbonyl (C=O) groups excluding carboxylic acids is 1. The molecule has 0 aliphatic rings. The van der Waals surface area contributed by atoms with Gasteiger partial charge < -0.3 is 15.4 Å². The molecule has 0 heterocycles. The molecule has 94 valence electrons. The molecule has 0 fully saturated rings. The van der Waals surface area contributed by atoms with Gasteiger partial charge in [-0.15, -0.1) is 0 Å². The van der Waals surface area contributed by atoms with Crippen LogP contribution in [0.3, 0.4) is 0 Å². The Hall–Kier alpha value is -1.39. The maximum absolute atomic E-state index is 11.0.